The lowest BCUT2D eigenvalue weighted by atomic mass is 9.92. The maximum Gasteiger partial charge on any atom is 0.162 e. The Morgan fingerprint density at radius 1 is 1.05 bits per heavy atom. The lowest BCUT2D eigenvalue weighted by Gasteiger charge is -2.18. The number of halogens is 3. The van der Waals surface area contributed by atoms with Crippen molar-refractivity contribution >= 4 is 39.1 Å². The molecule has 0 amide bonds. The van der Waals surface area contributed by atoms with Crippen molar-refractivity contribution in [3.8, 4) is 11.4 Å². The highest BCUT2D eigenvalue weighted by molar-refractivity contribution is 9.10. The minimum absolute atomic E-state index is 0.0909. The molecule has 0 bridgehead atoms. The van der Waals surface area contributed by atoms with Crippen LogP contribution < -0.4 is 0 Å². The molecule has 5 heteroatoms. The van der Waals surface area contributed by atoms with Gasteiger partial charge in [0.2, 0.25) is 0 Å². The molecule has 0 aliphatic rings. The summed E-state index contributed by atoms with van der Waals surface area (Å²) in [6, 6.07) is 7.30. The number of hydrogen-bond donors (Lipinski definition) is 0. The van der Waals surface area contributed by atoms with E-state index in [2.05, 4.69) is 46.7 Å². The second-order valence-corrected chi connectivity index (χ2v) is 6.95. The molecule has 0 unspecified atom stereocenters. The fraction of sp³-hybridized carbons (Fsp3) is 0.286. The van der Waals surface area contributed by atoms with Crippen molar-refractivity contribution in [2.45, 2.75) is 26.2 Å². The third-order valence-electron chi connectivity index (χ3n) is 2.63. The molecule has 0 N–H and O–H groups in total. The highest BCUT2D eigenvalue weighted by Crippen LogP contribution is 2.31. The van der Waals surface area contributed by atoms with Gasteiger partial charge in [-0.3, -0.25) is 0 Å². The summed E-state index contributed by atoms with van der Waals surface area (Å²) in [6.45, 7) is 6.26. The zero-order chi connectivity index (χ0) is 14.2. The molecule has 0 saturated carbocycles. The van der Waals surface area contributed by atoms with Crippen molar-refractivity contribution in [3.63, 3.8) is 0 Å². The molecule has 1 aromatic heterocycles. The SMILES string of the molecule is CC(C)(C)c1cc(Cl)nc(-c2cc(Cl)ccc2Br)n1. The van der Waals surface area contributed by atoms with Crippen LogP contribution in [0.25, 0.3) is 11.4 Å². The Labute approximate surface area is 131 Å². The van der Waals surface area contributed by atoms with Gasteiger partial charge in [-0.05, 0) is 24.3 Å². The van der Waals surface area contributed by atoms with Crippen LogP contribution in [0.15, 0.2) is 28.7 Å². The summed E-state index contributed by atoms with van der Waals surface area (Å²) in [5.74, 6) is 0.576. The van der Waals surface area contributed by atoms with Crippen molar-refractivity contribution in [3.05, 3.63) is 44.6 Å². The molecule has 0 atom stereocenters. The molecule has 0 radical (unpaired) electrons. The molecule has 0 fully saturated rings. The van der Waals surface area contributed by atoms with E-state index >= 15 is 0 Å². The highest BCUT2D eigenvalue weighted by Gasteiger charge is 2.19. The molecule has 2 nitrogen and oxygen atoms in total. The summed E-state index contributed by atoms with van der Waals surface area (Å²) in [4.78, 5) is 8.88. The predicted molar refractivity (Wildman–Crippen MR) is 83.9 cm³/mol. The van der Waals surface area contributed by atoms with Crippen LogP contribution in [0.4, 0.5) is 0 Å². The second-order valence-electron chi connectivity index (χ2n) is 5.27. The van der Waals surface area contributed by atoms with Crippen LogP contribution in [0.1, 0.15) is 26.5 Å². The van der Waals surface area contributed by atoms with E-state index in [0.717, 1.165) is 15.7 Å². The predicted octanol–water partition coefficient (Wildman–Crippen LogP) is 5.51. The Morgan fingerprint density at radius 2 is 1.74 bits per heavy atom. The molecule has 0 aliphatic carbocycles. The van der Waals surface area contributed by atoms with E-state index in [1.807, 2.05) is 18.2 Å². The number of aromatic nitrogens is 2. The molecule has 0 aliphatic heterocycles. The Balaban J connectivity index is 2.63. The van der Waals surface area contributed by atoms with Gasteiger partial charge in [0.25, 0.3) is 0 Å². The Morgan fingerprint density at radius 3 is 2.37 bits per heavy atom. The Bertz CT molecular complexity index is 621. The molecule has 100 valence electrons. The van der Waals surface area contributed by atoms with Crippen molar-refractivity contribution in [1.29, 1.82) is 0 Å². The van der Waals surface area contributed by atoms with Gasteiger partial charge in [0.05, 0.1) is 5.69 Å². The van der Waals surface area contributed by atoms with Gasteiger partial charge in [-0.2, -0.15) is 0 Å². The maximum atomic E-state index is 6.10. The zero-order valence-corrected chi connectivity index (χ0v) is 13.9. The van der Waals surface area contributed by atoms with Crippen molar-refractivity contribution in [2.24, 2.45) is 0 Å². The molecule has 0 spiro atoms. The normalized spacial score (nSPS) is 11.7. The van der Waals surface area contributed by atoms with Gasteiger partial charge in [-0.25, -0.2) is 9.97 Å². The molecule has 1 aromatic carbocycles. The fourth-order valence-corrected chi connectivity index (χ4v) is 2.37. The summed E-state index contributed by atoms with van der Waals surface area (Å²) < 4.78 is 0.888. The monoisotopic (exact) mass is 358 g/mol. The molecule has 1 heterocycles. The lowest BCUT2D eigenvalue weighted by Crippen LogP contribution is -2.14. The van der Waals surface area contributed by atoms with Crippen LogP contribution in [0, 0.1) is 0 Å². The third kappa shape index (κ3) is 3.47. The zero-order valence-electron chi connectivity index (χ0n) is 10.8. The van der Waals surface area contributed by atoms with Crippen molar-refractivity contribution in [1.82, 2.24) is 9.97 Å². The summed E-state index contributed by atoms with van der Waals surface area (Å²) in [7, 11) is 0. The lowest BCUT2D eigenvalue weighted by molar-refractivity contribution is 0.568. The van der Waals surface area contributed by atoms with Gasteiger partial charge in [-0.15, -0.1) is 0 Å². The first-order valence-corrected chi connectivity index (χ1v) is 7.33. The summed E-state index contributed by atoms with van der Waals surface area (Å²) >= 11 is 15.6. The van der Waals surface area contributed by atoms with E-state index in [-0.39, 0.29) is 5.41 Å². The summed E-state index contributed by atoms with van der Waals surface area (Å²) in [5, 5.41) is 1.07. The first-order valence-electron chi connectivity index (χ1n) is 5.78. The van der Waals surface area contributed by atoms with Crippen molar-refractivity contribution < 1.29 is 0 Å². The van der Waals surface area contributed by atoms with Gasteiger partial charge in [0, 0.05) is 20.5 Å². The van der Waals surface area contributed by atoms with Gasteiger partial charge in [0.15, 0.2) is 5.82 Å². The Hall–Kier alpha value is -0.640. The van der Waals surface area contributed by atoms with Gasteiger partial charge in [0.1, 0.15) is 5.15 Å². The van der Waals surface area contributed by atoms with Crippen LogP contribution in [0.2, 0.25) is 10.2 Å². The molecule has 0 saturated heterocycles. The van der Waals surface area contributed by atoms with Crippen LogP contribution in [0.3, 0.4) is 0 Å². The van der Waals surface area contributed by atoms with E-state index in [0.29, 0.717) is 16.0 Å². The third-order valence-corrected chi connectivity index (χ3v) is 3.75. The molecular weight excluding hydrogens is 347 g/mol. The van der Waals surface area contributed by atoms with Gasteiger partial charge >= 0.3 is 0 Å². The van der Waals surface area contributed by atoms with E-state index in [4.69, 9.17) is 23.2 Å². The molecule has 2 aromatic rings. The van der Waals surface area contributed by atoms with Gasteiger partial charge < -0.3 is 0 Å². The smallest absolute Gasteiger partial charge is 0.162 e. The number of nitrogens with zero attached hydrogens (tertiary/aromatic N) is 2. The summed E-state index contributed by atoms with van der Waals surface area (Å²) in [6.07, 6.45) is 0. The van der Waals surface area contributed by atoms with E-state index in [1.165, 1.54) is 0 Å². The van der Waals surface area contributed by atoms with E-state index < -0.39 is 0 Å². The van der Waals surface area contributed by atoms with E-state index in [9.17, 15) is 0 Å². The summed E-state index contributed by atoms with van der Waals surface area (Å²) in [5.41, 5.74) is 1.64. The van der Waals surface area contributed by atoms with Gasteiger partial charge in [-0.1, -0.05) is 59.9 Å². The van der Waals surface area contributed by atoms with E-state index in [1.54, 1.807) is 6.07 Å². The number of hydrogen-bond acceptors (Lipinski definition) is 2. The minimum Gasteiger partial charge on any atom is -0.232 e. The van der Waals surface area contributed by atoms with Crippen LogP contribution in [-0.4, -0.2) is 9.97 Å². The molecular formula is C14H13BrCl2N2. The highest BCUT2D eigenvalue weighted by atomic mass is 79.9. The Kier molecular flexibility index (Phi) is 4.19. The van der Waals surface area contributed by atoms with Crippen molar-refractivity contribution in [2.75, 3.05) is 0 Å². The topological polar surface area (TPSA) is 25.8 Å². The van der Waals surface area contributed by atoms with Crippen LogP contribution in [-0.2, 0) is 5.41 Å². The minimum atomic E-state index is -0.0909. The quantitative estimate of drug-likeness (QED) is 0.627. The standard InChI is InChI=1S/C14H13BrCl2N2/c1-14(2,3)11-7-12(17)19-13(18-11)9-6-8(16)4-5-10(9)15/h4-7H,1-3H3. The molecule has 2 rings (SSSR count). The first kappa shape index (κ1) is 14.8. The first-order chi connectivity index (χ1) is 8.77. The second kappa shape index (κ2) is 5.39. The average Bonchev–Trinajstić information content (AvgIpc) is 2.30. The average molecular weight is 360 g/mol. The maximum absolute atomic E-state index is 6.10. The largest absolute Gasteiger partial charge is 0.232 e. The number of benzene rings is 1. The van der Waals surface area contributed by atoms with Crippen LogP contribution in [0.5, 0.6) is 0 Å². The number of rotatable bonds is 1. The fourth-order valence-electron chi connectivity index (χ4n) is 1.59. The van der Waals surface area contributed by atoms with Crippen LogP contribution >= 0.6 is 39.1 Å². The molecule has 19 heavy (non-hydrogen) atoms.